The molecule has 0 spiro atoms. The molecule has 0 aromatic heterocycles. The number of unbranched alkanes of at least 4 members (excludes halogenated alkanes) is 4. The second kappa shape index (κ2) is 15.7. The van der Waals surface area contributed by atoms with E-state index >= 15 is 0 Å². The minimum Gasteiger partial charge on any atom is -0.550 e. The summed E-state index contributed by atoms with van der Waals surface area (Å²) in [5, 5.41) is 20.1. The average molecular weight is 401 g/mol. The average Bonchev–Trinajstić information content (AvgIpc) is 2.35. The summed E-state index contributed by atoms with van der Waals surface area (Å²) in [6.45, 7) is 13.2. The van der Waals surface area contributed by atoms with Crippen molar-refractivity contribution in [3.63, 3.8) is 0 Å². The SMILES string of the molecule is CC(C)(C)CCCCCC(=O)[O-].CC(C)(C)CCCCCC(=O)[O-].[Ni+2]. The van der Waals surface area contributed by atoms with Gasteiger partial charge in [0, 0.05) is 11.9 Å². The van der Waals surface area contributed by atoms with Crippen molar-refractivity contribution < 1.29 is 36.3 Å². The van der Waals surface area contributed by atoms with Crippen LogP contribution in [0.4, 0.5) is 0 Å². The predicted molar refractivity (Wildman–Crippen MR) is 95.1 cm³/mol. The first-order valence-electron chi connectivity index (χ1n) is 9.23. The summed E-state index contributed by atoms with van der Waals surface area (Å²) < 4.78 is 0. The Hall–Kier alpha value is -0.566. The third-order valence-electron chi connectivity index (χ3n) is 3.62. The van der Waals surface area contributed by atoms with Crippen molar-refractivity contribution in [3.8, 4) is 0 Å². The van der Waals surface area contributed by atoms with Crippen LogP contribution in [0.25, 0.3) is 0 Å². The van der Waals surface area contributed by atoms with Crippen LogP contribution in [0.5, 0.6) is 0 Å². The molecule has 0 unspecified atom stereocenters. The molecule has 0 aliphatic heterocycles. The van der Waals surface area contributed by atoms with E-state index in [-0.39, 0.29) is 29.3 Å². The summed E-state index contributed by atoms with van der Waals surface area (Å²) in [6.07, 6.45) is 8.54. The van der Waals surface area contributed by atoms with Gasteiger partial charge < -0.3 is 19.8 Å². The summed E-state index contributed by atoms with van der Waals surface area (Å²) in [4.78, 5) is 20.1. The van der Waals surface area contributed by atoms with Gasteiger partial charge in [0.2, 0.25) is 0 Å². The Morgan fingerprint density at radius 1 is 0.600 bits per heavy atom. The zero-order valence-electron chi connectivity index (χ0n) is 17.0. The van der Waals surface area contributed by atoms with E-state index in [0.29, 0.717) is 10.8 Å². The third kappa shape index (κ3) is 35.4. The molecule has 0 saturated carbocycles. The zero-order chi connectivity index (χ0) is 19.2. The standard InChI is InChI=1S/2C10H20O2.Ni/c2*1-10(2,3)8-6-4-5-7-9(11)12;/h2*4-8H2,1-3H3,(H,11,12);/q;;+2/p-2. The molecule has 152 valence electrons. The summed E-state index contributed by atoms with van der Waals surface area (Å²) in [7, 11) is 0. The van der Waals surface area contributed by atoms with Gasteiger partial charge in [-0.25, -0.2) is 0 Å². The molecule has 4 nitrogen and oxygen atoms in total. The molecule has 0 aliphatic rings. The Labute approximate surface area is 165 Å². The van der Waals surface area contributed by atoms with E-state index < -0.39 is 11.9 Å². The minimum atomic E-state index is -0.925. The van der Waals surface area contributed by atoms with Gasteiger partial charge in [-0.3, -0.25) is 0 Å². The van der Waals surface area contributed by atoms with Crippen molar-refractivity contribution in [1.29, 1.82) is 0 Å². The Morgan fingerprint density at radius 2 is 0.880 bits per heavy atom. The summed E-state index contributed by atoms with van der Waals surface area (Å²) in [6, 6.07) is 0. The van der Waals surface area contributed by atoms with Gasteiger partial charge in [0.25, 0.3) is 0 Å². The van der Waals surface area contributed by atoms with Gasteiger partial charge in [-0.05, 0) is 49.4 Å². The van der Waals surface area contributed by atoms with Crippen molar-refractivity contribution >= 4 is 11.9 Å². The van der Waals surface area contributed by atoms with Crippen LogP contribution in [-0.2, 0) is 26.1 Å². The molecule has 0 N–H and O–H groups in total. The molecule has 0 bridgehead atoms. The fourth-order valence-electron chi connectivity index (χ4n) is 2.20. The number of carbonyl (C=O) groups excluding carboxylic acids is 2. The third-order valence-corrected chi connectivity index (χ3v) is 3.62. The molecule has 0 atom stereocenters. The van der Waals surface area contributed by atoms with Gasteiger partial charge in [-0.15, -0.1) is 0 Å². The van der Waals surface area contributed by atoms with Crippen LogP contribution < -0.4 is 10.2 Å². The maximum Gasteiger partial charge on any atom is 2.00 e. The van der Waals surface area contributed by atoms with Gasteiger partial charge in [-0.1, -0.05) is 67.2 Å². The predicted octanol–water partition coefficient (Wildman–Crippen LogP) is 3.46. The van der Waals surface area contributed by atoms with Crippen LogP contribution in [0.15, 0.2) is 0 Å². The fourth-order valence-corrected chi connectivity index (χ4v) is 2.20. The van der Waals surface area contributed by atoms with Gasteiger partial charge in [-0.2, -0.15) is 0 Å². The van der Waals surface area contributed by atoms with Crippen LogP contribution in [0.2, 0.25) is 0 Å². The Kier molecular flexibility index (Phi) is 18.3. The van der Waals surface area contributed by atoms with E-state index in [4.69, 9.17) is 0 Å². The van der Waals surface area contributed by atoms with E-state index in [0.717, 1.165) is 38.5 Å². The van der Waals surface area contributed by atoms with Crippen molar-refractivity contribution in [2.45, 2.75) is 106 Å². The van der Waals surface area contributed by atoms with Crippen LogP contribution >= 0.6 is 0 Å². The number of carboxylic acids is 2. The number of carboxylic acid groups (broad SMARTS) is 2. The van der Waals surface area contributed by atoms with Crippen molar-refractivity contribution in [1.82, 2.24) is 0 Å². The van der Waals surface area contributed by atoms with E-state index in [1.54, 1.807) is 0 Å². The fraction of sp³-hybridized carbons (Fsp3) is 0.900. The van der Waals surface area contributed by atoms with Gasteiger partial charge in [0.1, 0.15) is 0 Å². The van der Waals surface area contributed by atoms with Gasteiger partial charge in [0.15, 0.2) is 0 Å². The quantitative estimate of drug-likeness (QED) is 0.415. The summed E-state index contributed by atoms with van der Waals surface area (Å²) in [5.41, 5.74) is 0.753. The smallest absolute Gasteiger partial charge is 0.550 e. The number of aliphatic carboxylic acids is 2. The first-order valence-corrected chi connectivity index (χ1v) is 9.23. The van der Waals surface area contributed by atoms with Crippen LogP contribution in [0, 0.1) is 10.8 Å². The number of hydrogen-bond acceptors (Lipinski definition) is 4. The van der Waals surface area contributed by atoms with E-state index in [1.165, 1.54) is 12.8 Å². The van der Waals surface area contributed by atoms with E-state index in [2.05, 4.69) is 41.5 Å². The first-order chi connectivity index (χ1) is 10.8. The molecule has 5 heteroatoms. The van der Waals surface area contributed by atoms with Crippen LogP contribution in [0.3, 0.4) is 0 Å². The van der Waals surface area contributed by atoms with Gasteiger partial charge in [0.05, 0.1) is 0 Å². The normalized spacial score (nSPS) is 11.1. The van der Waals surface area contributed by atoms with Crippen LogP contribution in [-0.4, -0.2) is 11.9 Å². The molecule has 0 fully saturated rings. The zero-order valence-corrected chi connectivity index (χ0v) is 18.0. The minimum absolute atomic E-state index is 0. The molecular formula is C20H38NiO4. The molecule has 0 radical (unpaired) electrons. The molecule has 0 aliphatic carbocycles. The molecule has 0 aromatic rings. The van der Waals surface area contributed by atoms with Crippen LogP contribution in [0.1, 0.15) is 106 Å². The van der Waals surface area contributed by atoms with E-state index in [1.807, 2.05) is 0 Å². The molecular weight excluding hydrogens is 363 g/mol. The topological polar surface area (TPSA) is 80.3 Å². The number of hydrogen-bond donors (Lipinski definition) is 0. The molecule has 0 rings (SSSR count). The summed E-state index contributed by atoms with van der Waals surface area (Å²) >= 11 is 0. The van der Waals surface area contributed by atoms with Gasteiger partial charge >= 0.3 is 16.5 Å². The maximum atomic E-state index is 10.0. The maximum absolute atomic E-state index is 10.0. The second-order valence-electron chi connectivity index (χ2n) is 8.99. The van der Waals surface area contributed by atoms with Crippen molar-refractivity contribution in [3.05, 3.63) is 0 Å². The molecule has 25 heavy (non-hydrogen) atoms. The molecule has 0 heterocycles. The molecule has 0 aromatic carbocycles. The van der Waals surface area contributed by atoms with E-state index in [9.17, 15) is 19.8 Å². The largest absolute Gasteiger partial charge is 2.00 e. The first kappa shape index (κ1) is 29.2. The number of rotatable bonds is 10. The monoisotopic (exact) mass is 400 g/mol. The Morgan fingerprint density at radius 3 is 1.08 bits per heavy atom. The summed E-state index contributed by atoms with van der Waals surface area (Å²) in [5.74, 6) is -1.85. The van der Waals surface area contributed by atoms with Crippen molar-refractivity contribution in [2.24, 2.45) is 10.8 Å². The Balaban J connectivity index is -0.000000372. The second-order valence-corrected chi connectivity index (χ2v) is 8.99. The van der Waals surface area contributed by atoms with Crippen molar-refractivity contribution in [2.75, 3.05) is 0 Å². The Bertz CT molecular complexity index is 307. The molecule has 0 saturated heterocycles. The molecule has 0 amide bonds. The number of carbonyl (C=O) groups is 2.